The summed E-state index contributed by atoms with van der Waals surface area (Å²) in [7, 11) is 4.77. The third kappa shape index (κ3) is 8.00. The monoisotopic (exact) mass is 723 g/mol. The lowest BCUT2D eigenvalue weighted by atomic mass is 9.76. The molecule has 0 bridgehead atoms. The van der Waals surface area contributed by atoms with E-state index in [-0.39, 0.29) is 11.7 Å². The molecule has 0 spiro atoms. The number of nitrogens with one attached hydrogen (secondary N) is 1. The number of hydrogen-bond donors (Lipinski definition) is 1. The number of imidazole rings is 1. The standard InChI is InChI=1S/C42H50FN5O5/c1-29-10-15-34(53-29)28-48(41-44-35-8-5-6-9-36(35)45-41)33-16-21-46(22-17-33)20-7-18-42(26-30-11-13-32(43)14-12-30)19-23-47(40(42)49)27-31-24-37(50-2)39(52-4)38(25-31)51-3/h5-6,8-15,24-25,33H,7,16-23,26-28H2,1-4H3,(H,44,45). The summed E-state index contributed by atoms with van der Waals surface area (Å²) < 4.78 is 36.5. The second-order valence-electron chi connectivity index (χ2n) is 14.5. The summed E-state index contributed by atoms with van der Waals surface area (Å²) in [5.41, 5.74) is 3.31. The lowest BCUT2D eigenvalue weighted by Crippen LogP contribution is -2.45. The summed E-state index contributed by atoms with van der Waals surface area (Å²) in [6, 6.07) is 22.9. The van der Waals surface area contributed by atoms with E-state index in [4.69, 9.17) is 23.6 Å². The average molecular weight is 724 g/mol. The summed E-state index contributed by atoms with van der Waals surface area (Å²) >= 11 is 0. The van der Waals surface area contributed by atoms with Crippen molar-refractivity contribution in [2.45, 2.75) is 64.6 Å². The summed E-state index contributed by atoms with van der Waals surface area (Å²) in [6.07, 6.45) is 4.98. The summed E-state index contributed by atoms with van der Waals surface area (Å²) in [6.45, 7) is 6.56. The van der Waals surface area contributed by atoms with Crippen molar-refractivity contribution in [1.82, 2.24) is 19.8 Å². The third-order valence-corrected chi connectivity index (χ3v) is 11.1. The normalized spacial score (nSPS) is 18.2. The predicted octanol–water partition coefficient (Wildman–Crippen LogP) is 7.54. The number of piperidine rings is 1. The van der Waals surface area contributed by atoms with Gasteiger partial charge in [0.25, 0.3) is 0 Å². The molecule has 0 radical (unpaired) electrons. The second kappa shape index (κ2) is 15.9. The van der Waals surface area contributed by atoms with Gasteiger partial charge in [-0.15, -0.1) is 0 Å². The summed E-state index contributed by atoms with van der Waals surface area (Å²) in [5.74, 6) is 4.22. The number of aromatic nitrogens is 2. The number of hydrogen-bond acceptors (Lipinski definition) is 8. The van der Waals surface area contributed by atoms with Crippen LogP contribution >= 0.6 is 0 Å². The quantitative estimate of drug-likeness (QED) is 0.118. The lowest BCUT2D eigenvalue weighted by molar-refractivity contribution is -0.137. The van der Waals surface area contributed by atoms with Gasteiger partial charge in [0.2, 0.25) is 17.6 Å². The van der Waals surface area contributed by atoms with Crippen LogP contribution < -0.4 is 19.1 Å². The van der Waals surface area contributed by atoms with Crippen LogP contribution in [-0.4, -0.2) is 79.2 Å². The highest BCUT2D eigenvalue weighted by Crippen LogP contribution is 2.43. The molecule has 280 valence electrons. The van der Waals surface area contributed by atoms with Gasteiger partial charge in [0.05, 0.1) is 44.3 Å². The van der Waals surface area contributed by atoms with Crippen molar-refractivity contribution >= 4 is 22.9 Å². The molecule has 2 saturated heterocycles. The number of halogens is 1. The number of carbonyl (C=O) groups is 1. The van der Waals surface area contributed by atoms with Gasteiger partial charge in [-0.05, 0) is 112 Å². The maximum absolute atomic E-state index is 14.4. The highest BCUT2D eigenvalue weighted by molar-refractivity contribution is 5.85. The van der Waals surface area contributed by atoms with Gasteiger partial charge in [0, 0.05) is 32.2 Å². The fourth-order valence-electron chi connectivity index (χ4n) is 8.25. The van der Waals surface area contributed by atoms with E-state index in [0.717, 1.165) is 91.4 Å². The number of likely N-dealkylation sites (tertiary alicyclic amines) is 2. The van der Waals surface area contributed by atoms with Gasteiger partial charge in [0.15, 0.2) is 11.5 Å². The summed E-state index contributed by atoms with van der Waals surface area (Å²) in [5, 5.41) is 0. The number of benzene rings is 3. The number of para-hydroxylation sites is 2. The highest BCUT2D eigenvalue weighted by Gasteiger charge is 2.46. The molecule has 2 aliphatic heterocycles. The summed E-state index contributed by atoms with van der Waals surface area (Å²) in [4.78, 5) is 29.8. The Morgan fingerprint density at radius 3 is 2.34 bits per heavy atom. The molecule has 1 amide bonds. The zero-order chi connectivity index (χ0) is 37.0. The van der Waals surface area contributed by atoms with E-state index in [1.165, 1.54) is 12.1 Å². The van der Waals surface area contributed by atoms with Gasteiger partial charge in [-0.2, -0.15) is 0 Å². The highest BCUT2D eigenvalue weighted by atomic mass is 19.1. The number of furan rings is 1. The zero-order valence-electron chi connectivity index (χ0n) is 31.2. The van der Waals surface area contributed by atoms with Gasteiger partial charge >= 0.3 is 0 Å². The lowest BCUT2D eigenvalue weighted by Gasteiger charge is -2.38. The number of aryl methyl sites for hydroxylation is 1. The maximum Gasteiger partial charge on any atom is 0.229 e. The van der Waals surface area contributed by atoms with Crippen LogP contribution in [0.4, 0.5) is 10.3 Å². The van der Waals surface area contributed by atoms with Crippen LogP contribution in [0.1, 0.15) is 54.8 Å². The minimum Gasteiger partial charge on any atom is -0.493 e. The Labute approximate surface area is 310 Å². The van der Waals surface area contributed by atoms with Gasteiger partial charge in [0.1, 0.15) is 17.3 Å². The number of rotatable bonds is 15. The first-order valence-electron chi connectivity index (χ1n) is 18.6. The number of aromatic amines is 1. The number of H-pyrrole nitrogens is 1. The molecule has 11 heteroatoms. The average Bonchev–Trinajstić information content (AvgIpc) is 3.88. The van der Waals surface area contributed by atoms with E-state index in [1.54, 1.807) is 21.3 Å². The molecule has 1 N–H and O–H groups in total. The van der Waals surface area contributed by atoms with E-state index < -0.39 is 5.41 Å². The van der Waals surface area contributed by atoms with Crippen molar-refractivity contribution in [1.29, 1.82) is 0 Å². The van der Waals surface area contributed by atoms with Crippen molar-refractivity contribution in [2.24, 2.45) is 5.41 Å². The molecule has 2 fully saturated rings. The van der Waals surface area contributed by atoms with Gasteiger partial charge in [-0.1, -0.05) is 24.3 Å². The van der Waals surface area contributed by atoms with Gasteiger partial charge in [-0.25, -0.2) is 9.37 Å². The Hall–Kier alpha value is -5.03. The molecule has 1 atom stereocenters. The number of nitrogens with zero attached hydrogens (tertiary/aromatic N) is 4. The predicted molar refractivity (Wildman–Crippen MR) is 203 cm³/mol. The number of anilines is 1. The molecular weight excluding hydrogens is 673 g/mol. The van der Waals surface area contributed by atoms with E-state index in [2.05, 4.69) is 26.9 Å². The molecule has 1 unspecified atom stereocenters. The van der Waals surface area contributed by atoms with E-state index >= 15 is 0 Å². The first-order chi connectivity index (χ1) is 25.8. The van der Waals surface area contributed by atoms with Crippen LogP contribution in [0.2, 0.25) is 0 Å². The molecule has 0 saturated carbocycles. The number of methoxy groups -OCH3 is 3. The molecule has 53 heavy (non-hydrogen) atoms. The molecule has 4 heterocycles. The maximum atomic E-state index is 14.4. The molecule has 5 aromatic rings. The Kier molecular flexibility index (Phi) is 10.9. The topological polar surface area (TPSA) is 96.3 Å². The van der Waals surface area contributed by atoms with Crippen LogP contribution in [0.3, 0.4) is 0 Å². The third-order valence-electron chi connectivity index (χ3n) is 11.1. The van der Waals surface area contributed by atoms with E-state index in [9.17, 15) is 9.18 Å². The fraction of sp³-hybridized carbons (Fsp3) is 0.429. The Bertz CT molecular complexity index is 1940. The molecule has 10 nitrogen and oxygen atoms in total. The smallest absolute Gasteiger partial charge is 0.229 e. The zero-order valence-corrected chi connectivity index (χ0v) is 31.2. The van der Waals surface area contributed by atoms with Crippen molar-refractivity contribution in [3.8, 4) is 17.2 Å². The first-order valence-corrected chi connectivity index (χ1v) is 18.6. The SMILES string of the molecule is COc1cc(CN2CCC(CCCN3CCC(N(Cc4ccc(C)o4)c4nc5ccccc5[nH]4)CC3)(Cc3ccc(F)cc3)C2=O)cc(OC)c1OC. The molecular formula is C42H50FN5O5. The molecule has 0 aliphatic carbocycles. The van der Waals surface area contributed by atoms with Crippen LogP contribution in [0.5, 0.6) is 17.2 Å². The Balaban J connectivity index is 1.02. The minimum atomic E-state index is -0.559. The van der Waals surface area contributed by atoms with Crippen LogP contribution in [0.25, 0.3) is 11.0 Å². The largest absolute Gasteiger partial charge is 0.493 e. The van der Waals surface area contributed by atoms with Crippen LogP contribution in [-0.2, 0) is 24.3 Å². The number of amides is 1. The Morgan fingerprint density at radius 1 is 0.943 bits per heavy atom. The van der Waals surface area contributed by atoms with Crippen LogP contribution in [0, 0.1) is 18.2 Å². The molecule has 2 aromatic heterocycles. The van der Waals surface area contributed by atoms with E-state index in [0.29, 0.717) is 49.3 Å². The van der Waals surface area contributed by atoms with Crippen molar-refractivity contribution < 1.29 is 27.8 Å². The molecule has 7 rings (SSSR count). The van der Waals surface area contributed by atoms with Crippen molar-refractivity contribution in [3.05, 3.63) is 101 Å². The Morgan fingerprint density at radius 2 is 1.68 bits per heavy atom. The van der Waals surface area contributed by atoms with Crippen molar-refractivity contribution in [2.75, 3.05) is 52.4 Å². The second-order valence-corrected chi connectivity index (χ2v) is 14.5. The van der Waals surface area contributed by atoms with E-state index in [1.807, 2.05) is 60.4 Å². The van der Waals surface area contributed by atoms with Gasteiger partial charge < -0.3 is 38.3 Å². The number of fused-ring (bicyclic) bond motifs is 1. The first kappa shape index (κ1) is 36.3. The minimum absolute atomic E-state index is 0.143. The van der Waals surface area contributed by atoms with Crippen LogP contribution in [0.15, 0.2) is 77.2 Å². The molecule has 2 aliphatic rings. The van der Waals surface area contributed by atoms with Gasteiger partial charge in [-0.3, -0.25) is 4.79 Å². The van der Waals surface area contributed by atoms with Crippen molar-refractivity contribution in [3.63, 3.8) is 0 Å². The fourth-order valence-corrected chi connectivity index (χ4v) is 8.25. The molecule has 3 aromatic carbocycles. The number of ether oxygens (including phenoxy) is 3. The number of carbonyl (C=O) groups excluding carboxylic acids is 1.